The molecule has 0 aliphatic carbocycles. The number of thiophene rings is 1. The summed E-state index contributed by atoms with van der Waals surface area (Å²) in [6.45, 7) is 3.58. The number of aromatic nitrogens is 1. The van der Waals surface area contributed by atoms with E-state index in [-0.39, 0.29) is 10.9 Å². The van der Waals surface area contributed by atoms with Crippen LogP contribution in [-0.2, 0) is 4.79 Å². The molecular formula is C20H22N4O4S2. The van der Waals surface area contributed by atoms with Gasteiger partial charge in [0.25, 0.3) is 5.91 Å². The number of fused-ring (bicyclic) bond motifs is 1. The first-order valence-corrected chi connectivity index (χ1v) is 10.9. The molecule has 1 aromatic carbocycles. The van der Waals surface area contributed by atoms with Gasteiger partial charge in [0.15, 0.2) is 5.13 Å². The Bertz CT molecular complexity index is 1070. The van der Waals surface area contributed by atoms with E-state index in [0.29, 0.717) is 35.5 Å². The van der Waals surface area contributed by atoms with Gasteiger partial charge in [0.1, 0.15) is 11.3 Å². The van der Waals surface area contributed by atoms with Crippen molar-refractivity contribution in [1.82, 2.24) is 9.88 Å². The van der Waals surface area contributed by atoms with E-state index in [1.807, 2.05) is 44.1 Å². The van der Waals surface area contributed by atoms with E-state index < -0.39 is 4.92 Å². The molecule has 30 heavy (non-hydrogen) atoms. The van der Waals surface area contributed by atoms with Crippen molar-refractivity contribution in [2.45, 2.75) is 6.92 Å². The fourth-order valence-electron chi connectivity index (χ4n) is 2.67. The van der Waals surface area contributed by atoms with Crippen molar-refractivity contribution in [2.75, 3.05) is 38.7 Å². The van der Waals surface area contributed by atoms with Crippen molar-refractivity contribution >= 4 is 55.0 Å². The average molecular weight is 447 g/mol. The Labute approximate surface area is 182 Å². The fraction of sp³-hybridized carbons (Fsp3) is 0.300. The predicted molar refractivity (Wildman–Crippen MR) is 122 cm³/mol. The van der Waals surface area contributed by atoms with Gasteiger partial charge >= 0.3 is 5.00 Å². The zero-order valence-electron chi connectivity index (χ0n) is 16.9. The second-order valence-corrected chi connectivity index (χ2v) is 8.69. The van der Waals surface area contributed by atoms with Crippen LogP contribution in [0.2, 0.25) is 0 Å². The molecule has 1 amide bonds. The van der Waals surface area contributed by atoms with E-state index >= 15 is 0 Å². The van der Waals surface area contributed by atoms with Gasteiger partial charge in [-0.25, -0.2) is 4.98 Å². The smallest absolute Gasteiger partial charge is 0.324 e. The Morgan fingerprint density at radius 3 is 2.70 bits per heavy atom. The van der Waals surface area contributed by atoms with Crippen LogP contribution in [0.5, 0.6) is 5.75 Å². The van der Waals surface area contributed by atoms with Gasteiger partial charge in [0.05, 0.1) is 16.2 Å². The standard InChI is InChI=1S/C20H22N4O4S2/c1-4-28-15-6-5-7-16-19(15)21-20(30-16)23(13-12-22(2)3)17(25)10-8-14-9-11-18(29-14)24(26)27/h5-11H,4,12-13H2,1-3H3. The minimum atomic E-state index is -0.440. The summed E-state index contributed by atoms with van der Waals surface area (Å²) < 4.78 is 6.60. The molecule has 158 valence electrons. The van der Waals surface area contributed by atoms with Gasteiger partial charge < -0.3 is 9.64 Å². The lowest BCUT2D eigenvalue weighted by Crippen LogP contribution is -2.35. The van der Waals surface area contributed by atoms with Gasteiger partial charge in [-0.15, -0.1) is 0 Å². The number of hydrogen-bond donors (Lipinski definition) is 0. The molecule has 0 bridgehead atoms. The molecule has 0 atom stereocenters. The third-order valence-corrected chi connectivity index (χ3v) is 6.17. The Morgan fingerprint density at radius 2 is 2.03 bits per heavy atom. The van der Waals surface area contributed by atoms with E-state index in [1.54, 1.807) is 17.0 Å². The number of nitrogens with zero attached hydrogens (tertiary/aromatic N) is 4. The molecule has 0 fully saturated rings. The summed E-state index contributed by atoms with van der Waals surface area (Å²) in [5.41, 5.74) is 0.736. The Kier molecular flexibility index (Phi) is 7.14. The van der Waals surface area contributed by atoms with Crippen LogP contribution in [0, 0.1) is 10.1 Å². The summed E-state index contributed by atoms with van der Waals surface area (Å²) >= 11 is 2.46. The summed E-state index contributed by atoms with van der Waals surface area (Å²) in [4.78, 5) is 32.3. The number of rotatable bonds is 9. The number of para-hydroxylation sites is 1. The molecule has 0 N–H and O–H groups in total. The van der Waals surface area contributed by atoms with Gasteiger partial charge in [-0.1, -0.05) is 28.7 Å². The minimum Gasteiger partial charge on any atom is -0.492 e. The third-order valence-electron chi connectivity index (χ3n) is 4.12. The molecule has 0 radical (unpaired) electrons. The Balaban J connectivity index is 1.89. The van der Waals surface area contributed by atoms with Crippen molar-refractivity contribution < 1.29 is 14.5 Å². The third kappa shape index (κ3) is 5.21. The molecule has 2 heterocycles. The second kappa shape index (κ2) is 9.79. The summed E-state index contributed by atoms with van der Waals surface area (Å²) in [6.07, 6.45) is 3.03. The minimum absolute atomic E-state index is 0.0428. The lowest BCUT2D eigenvalue weighted by molar-refractivity contribution is -0.380. The van der Waals surface area contributed by atoms with Crippen molar-refractivity contribution in [3.63, 3.8) is 0 Å². The van der Waals surface area contributed by atoms with Gasteiger partial charge in [-0.05, 0) is 45.3 Å². The van der Waals surface area contributed by atoms with Gasteiger partial charge in [0.2, 0.25) is 0 Å². The van der Waals surface area contributed by atoms with Crippen molar-refractivity contribution in [1.29, 1.82) is 0 Å². The first-order chi connectivity index (χ1) is 14.4. The van der Waals surface area contributed by atoms with Crippen LogP contribution >= 0.6 is 22.7 Å². The second-order valence-electron chi connectivity index (χ2n) is 6.59. The Hall–Kier alpha value is -2.82. The maximum absolute atomic E-state index is 13.0. The van der Waals surface area contributed by atoms with E-state index in [1.165, 1.54) is 23.5 Å². The molecule has 0 aliphatic heterocycles. The molecule has 8 nitrogen and oxygen atoms in total. The molecule has 3 aromatic rings. The van der Waals surface area contributed by atoms with Gasteiger partial charge in [0, 0.05) is 30.1 Å². The molecule has 3 rings (SSSR count). The van der Waals surface area contributed by atoms with Crippen molar-refractivity contribution in [3.8, 4) is 5.75 Å². The lowest BCUT2D eigenvalue weighted by Gasteiger charge is -2.20. The highest BCUT2D eigenvalue weighted by molar-refractivity contribution is 7.22. The number of likely N-dealkylation sites (N-methyl/N-ethyl adjacent to an activating group) is 1. The maximum Gasteiger partial charge on any atom is 0.324 e. The molecule has 0 spiro atoms. The van der Waals surface area contributed by atoms with E-state index in [2.05, 4.69) is 4.98 Å². The largest absolute Gasteiger partial charge is 0.492 e. The monoisotopic (exact) mass is 446 g/mol. The number of benzene rings is 1. The van der Waals surface area contributed by atoms with Crippen LogP contribution in [0.3, 0.4) is 0 Å². The zero-order chi connectivity index (χ0) is 21.7. The summed E-state index contributed by atoms with van der Waals surface area (Å²) in [5, 5.41) is 11.5. The Morgan fingerprint density at radius 1 is 1.23 bits per heavy atom. The molecule has 0 saturated carbocycles. The number of carbonyl (C=O) groups excluding carboxylic acids is 1. The topological polar surface area (TPSA) is 88.8 Å². The normalized spacial score (nSPS) is 11.5. The van der Waals surface area contributed by atoms with E-state index in [9.17, 15) is 14.9 Å². The van der Waals surface area contributed by atoms with Gasteiger partial charge in [-0.2, -0.15) is 0 Å². The van der Waals surface area contributed by atoms with Crippen molar-refractivity contribution in [3.05, 3.63) is 51.4 Å². The zero-order valence-corrected chi connectivity index (χ0v) is 18.5. The number of amides is 1. The SMILES string of the molecule is CCOc1cccc2sc(N(CCN(C)C)C(=O)C=Cc3ccc([N+](=O)[O-])s3)nc12. The van der Waals surface area contributed by atoms with Crippen LogP contribution in [0.15, 0.2) is 36.4 Å². The highest BCUT2D eigenvalue weighted by Crippen LogP contribution is 2.34. The maximum atomic E-state index is 13.0. The summed E-state index contributed by atoms with van der Waals surface area (Å²) in [6, 6.07) is 8.79. The first kappa shape index (κ1) is 21.9. The number of carbonyl (C=O) groups is 1. The van der Waals surface area contributed by atoms with Crippen LogP contribution in [0.4, 0.5) is 10.1 Å². The van der Waals surface area contributed by atoms with E-state index in [4.69, 9.17) is 4.74 Å². The number of nitro groups is 1. The van der Waals surface area contributed by atoms with E-state index in [0.717, 1.165) is 21.6 Å². The quantitative estimate of drug-likeness (QED) is 0.277. The lowest BCUT2D eigenvalue weighted by atomic mass is 10.3. The number of anilines is 1. The average Bonchev–Trinajstić information content (AvgIpc) is 3.34. The van der Waals surface area contributed by atoms with Gasteiger partial charge in [-0.3, -0.25) is 19.8 Å². The molecule has 10 heteroatoms. The summed E-state index contributed by atoms with van der Waals surface area (Å²) in [5.74, 6) is 0.462. The number of ether oxygens (including phenoxy) is 1. The predicted octanol–water partition coefficient (Wildman–Crippen LogP) is 4.27. The molecular weight excluding hydrogens is 424 g/mol. The van der Waals surface area contributed by atoms with Crippen molar-refractivity contribution in [2.24, 2.45) is 0 Å². The molecule has 0 aliphatic rings. The number of hydrogen-bond acceptors (Lipinski definition) is 8. The number of thiazole rings is 1. The molecule has 0 saturated heterocycles. The van der Waals surface area contributed by atoms with Crippen LogP contribution < -0.4 is 9.64 Å². The molecule has 2 aromatic heterocycles. The van der Waals surface area contributed by atoms with Crippen LogP contribution in [0.25, 0.3) is 16.3 Å². The fourth-order valence-corrected chi connectivity index (χ4v) is 4.41. The highest BCUT2D eigenvalue weighted by atomic mass is 32.1. The molecule has 0 unspecified atom stereocenters. The first-order valence-electron chi connectivity index (χ1n) is 9.30. The summed E-state index contributed by atoms with van der Waals surface area (Å²) in [7, 11) is 3.88. The van der Waals surface area contributed by atoms with Crippen LogP contribution in [0.1, 0.15) is 11.8 Å². The highest BCUT2D eigenvalue weighted by Gasteiger charge is 2.19. The van der Waals surface area contributed by atoms with Crippen LogP contribution in [-0.4, -0.2) is 54.5 Å².